The number of hydrogen-bond donors (Lipinski definition) is 1. The maximum absolute atomic E-state index is 12.9. The molecule has 27 heavy (non-hydrogen) atoms. The van der Waals surface area contributed by atoms with Gasteiger partial charge in [-0.1, -0.05) is 0 Å². The van der Waals surface area contributed by atoms with Gasteiger partial charge in [0.1, 0.15) is 0 Å². The van der Waals surface area contributed by atoms with Gasteiger partial charge in [0.15, 0.2) is 11.5 Å². The summed E-state index contributed by atoms with van der Waals surface area (Å²) in [6, 6.07) is 3.33. The largest absolute Gasteiger partial charge is 0.493 e. The number of rotatable bonds is 5. The van der Waals surface area contributed by atoms with Gasteiger partial charge in [-0.3, -0.25) is 9.59 Å². The molecule has 0 atom stereocenters. The van der Waals surface area contributed by atoms with Crippen molar-refractivity contribution in [3.8, 4) is 17.2 Å². The average Bonchev–Trinajstić information content (AvgIpc) is 2.64. The number of nitrogens with two attached hydrogens (primary N) is 1. The summed E-state index contributed by atoms with van der Waals surface area (Å²) < 4.78 is 16.0. The zero-order chi connectivity index (χ0) is 19.5. The van der Waals surface area contributed by atoms with Gasteiger partial charge in [0.25, 0.3) is 5.91 Å². The summed E-state index contributed by atoms with van der Waals surface area (Å²) in [6.07, 6.45) is 0. The highest BCUT2D eigenvalue weighted by Crippen LogP contribution is 2.40. The van der Waals surface area contributed by atoms with Crippen molar-refractivity contribution < 1.29 is 23.8 Å². The lowest BCUT2D eigenvalue weighted by Crippen LogP contribution is -2.57. The van der Waals surface area contributed by atoms with Crippen molar-refractivity contribution in [3.63, 3.8) is 0 Å². The van der Waals surface area contributed by atoms with E-state index in [1.807, 2.05) is 0 Å². The normalized spacial score (nSPS) is 14.3. The van der Waals surface area contributed by atoms with Crippen LogP contribution in [0.15, 0.2) is 12.1 Å². The van der Waals surface area contributed by atoms with Crippen LogP contribution in [0.3, 0.4) is 0 Å². The van der Waals surface area contributed by atoms with E-state index in [1.165, 1.54) is 21.3 Å². The fourth-order valence-corrected chi connectivity index (χ4v) is 2.96. The Labute approximate surface area is 165 Å². The number of ether oxygens (including phenoxy) is 3. The molecule has 0 aromatic heterocycles. The first-order chi connectivity index (χ1) is 12.2. The molecule has 1 aliphatic rings. The summed E-state index contributed by atoms with van der Waals surface area (Å²) in [4.78, 5) is 28.6. The molecule has 0 saturated carbocycles. The molecule has 2 amide bonds. The van der Waals surface area contributed by atoms with Gasteiger partial charge >= 0.3 is 0 Å². The van der Waals surface area contributed by atoms with Gasteiger partial charge in [-0.05, 0) is 26.0 Å². The number of carbonyl (C=O) groups is 2. The van der Waals surface area contributed by atoms with Crippen LogP contribution in [0, 0.1) is 0 Å². The summed E-state index contributed by atoms with van der Waals surface area (Å²) >= 11 is 0. The number of hydrogen-bond acceptors (Lipinski definition) is 6. The lowest BCUT2D eigenvalue weighted by atomic mass is 10.0. The van der Waals surface area contributed by atoms with Crippen molar-refractivity contribution in [2.45, 2.75) is 19.4 Å². The SMILES string of the molecule is COc1ccc(C(=O)N2CCN(C(=O)C(C)(C)N)CC2)c(OC)c1OC.Cl. The molecule has 0 radical (unpaired) electrons. The maximum Gasteiger partial charge on any atom is 0.257 e. The number of methoxy groups -OCH3 is 3. The molecule has 2 rings (SSSR count). The van der Waals surface area contributed by atoms with Crippen LogP contribution >= 0.6 is 12.4 Å². The number of halogens is 1. The van der Waals surface area contributed by atoms with Gasteiger partial charge in [0.05, 0.1) is 32.4 Å². The Balaban J connectivity index is 0.00000364. The second kappa shape index (κ2) is 9.14. The van der Waals surface area contributed by atoms with Gasteiger partial charge in [0.2, 0.25) is 11.7 Å². The summed E-state index contributed by atoms with van der Waals surface area (Å²) in [6.45, 7) is 5.11. The lowest BCUT2D eigenvalue weighted by Gasteiger charge is -2.37. The topological polar surface area (TPSA) is 94.3 Å². The lowest BCUT2D eigenvalue weighted by molar-refractivity contribution is -0.137. The number of piperazine rings is 1. The average molecular weight is 402 g/mol. The molecule has 0 bridgehead atoms. The highest BCUT2D eigenvalue weighted by molar-refractivity contribution is 5.98. The zero-order valence-electron chi connectivity index (χ0n) is 16.4. The summed E-state index contributed by atoms with van der Waals surface area (Å²) in [7, 11) is 4.50. The molecule has 1 saturated heterocycles. The van der Waals surface area contributed by atoms with E-state index in [1.54, 1.807) is 35.8 Å². The van der Waals surface area contributed by atoms with E-state index in [-0.39, 0.29) is 24.2 Å². The van der Waals surface area contributed by atoms with E-state index in [0.717, 1.165) is 0 Å². The molecule has 2 N–H and O–H groups in total. The van der Waals surface area contributed by atoms with E-state index >= 15 is 0 Å². The first-order valence-electron chi connectivity index (χ1n) is 8.41. The van der Waals surface area contributed by atoms with Gasteiger partial charge in [-0.25, -0.2) is 0 Å². The molecular formula is C18H28ClN3O5. The maximum atomic E-state index is 12.9. The van der Waals surface area contributed by atoms with Gasteiger partial charge < -0.3 is 29.7 Å². The van der Waals surface area contributed by atoms with Crippen LogP contribution < -0.4 is 19.9 Å². The number of nitrogens with zero attached hydrogens (tertiary/aromatic N) is 2. The Morgan fingerprint density at radius 1 is 0.926 bits per heavy atom. The van der Waals surface area contributed by atoms with E-state index in [9.17, 15) is 9.59 Å². The Morgan fingerprint density at radius 3 is 1.89 bits per heavy atom. The standard InChI is InChI=1S/C18H27N3O5.ClH/c1-18(2,19)17(23)21-10-8-20(9-11-21)16(22)12-6-7-13(24-3)15(26-5)14(12)25-4;/h6-7H,8-11,19H2,1-5H3;1H. The molecule has 1 aliphatic heterocycles. The van der Waals surface area contributed by atoms with E-state index in [2.05, 4.69) is 0 Å². The molecule has 1 aromatic carbocycles. The van der Waals surface area contributed by atoms with Crippen LogP contribution in [0.5, 0.6) is 17.2 Å². The Hall–Kier alpha value is -2.19. The first-order valence-corrected chi connectivity index (χ1v) is 8.41. The van der Waals surface area contributed by atoms with Crippen LogP contribution in [0.1, 0.15) is 24.2 Å². The van der Waals surface area contributed by atoms with Gasteiger partial charge in [0, 0.05) is 26.2 Å². The Bertz CT molecular complexity index is 682. The monoisotopic (exact) mass is 401 g/mol. The minimum Gasteiger partial charge on any atom is -0.493 e. The first kappa shape index (κ1) is 22.9. The summed E-state index contributed by atoms with van der Waals surface area (Å²) in [5.74, 6) is 0.898. The van der Waals surface area contributed by atoms with Crippen LogP contribution in [0.25, 0.3) is 0 Å². The molecule has 0 unspecified atom stereocenters. The predicted octanol–water partition coefficient (Wildman–Crippen LogP) is 1.16. The molecular weight excluding hydrogens is 374 g/mol. The molecule has 1 aromatic rings. The molecule has 9 heteroatoms. The summed E-state index contributed by atoms with van der Waals surface area (Å²) in [5.41, 5.74) is 5.35. The predicted molar refractivity (Wildman–Crippen MR) is 104 cm³/mol. The van der Waals surface area contributed by atoms with Crippen molar-refractivity contribution in [3.05, 3.63) is 17.7 Å². The molecule has 0 aliphatic carbocycles. The quantitative estimate of drug-likeness (QED) is 0.795. The van der Waals surface area contributed by atoms with Crippen LogP contribution in [-0.2, 0) is 4.79 Å². The third-order valence-corrected chi connectivity index (χ3v) is 4.34. The highest BCUT2D eigenvalue weighted by atomic mass is 35.5. The fourth-order valence-electron chi connectivity index (χ4n) is 2.96. The third-order valence-electron chi connectivity index (χ3n) is 4.34. The highest BCUT2D eigenvalue weighted by Gasteiger charge is 2.32. The minimum absolute atomic E-state index is 0. The van der Waals surface area contributed by atoms with Crippen molar-refractivity contribution >= 4 is 24.2 Å². The van der Waals surface area contributed by atoms with Gasteiger partial charge in [-0.2, -0.15) is 0 Å². The van der Waals surface area contributed by atoms with Crippen molar-refractivity contribution in [1.29, 1.82) is 0 Å². The zero-order valence-corrected chi connectivity index (χ0v) is 17.2. The van der Waals surface area contributed by atoms with Crippen molar-refractivity contribution in [1.82, 2.24) is 9.80 Å². The number of carbonyl (C=O) groups excluding carboxylic acids is 2. The molecule has 1 fully saturated rings. The van der Waals surface area contributed by atoms with Crippen LogP contribution in [0.2, 0.25) is 0 Å². The molecule has 0 spiro atoms. The smallest absolute Gasteiger partial charge is 0.257 e. The fraction of sp³-hybridized carbons (Fsp3) is 0.556. The third kappa shape index (κ3) is 4.75. The summed E-state index contributed by atoms with van der Waals surface area (Å²) in [5, 5.41) is 0. The number of amides is 2. The van der Waals surface area contributed by atoms with Gasteiger partial charge in [-0.15, -0.1) is 12.4 Å². The van der Waals surface area contributed by atoms with Crippen LogP contribution in [0.4, 0.5) is 0 Å². The molecule has 1 heterocycles. The molecule has 8 nitrogen and oxygen atoms in total. The second-order valence-electron chi connectivity index (χ2n) is 6.69. The number of benzene rings is 1. The second-order valence-corrected chi connectivity index (χ2v) is 6.69. The molecule has 152 valence electrons. The van der Waals surface area contributed by atoms with E-state index in [0.29, 0.717) is 49.0 Å². The Morgan fingerprint density at radius 2 is 1.44 bits per heavy atom. The van der Waals surface area contributed by atoms with E-state index in [4.69, 9.17) is 19.9 Å². The Kier molecular flexibility index (Phi) is 7.74. The minimum atomic E-state index is -0.918. The van der Waals surface area contributed by atoms with Crippen molar-refractivity contribution in [2.75, 3.05) is 47.5 Å². The van der Waals surface area contributed by atoms with Crippen molar-refractivity contribution in [2.24, 2.45) is 5.73 Å². The van der Waals surface area contributed by atoms with Crippen LogP contribution in [-0.4, -0.2) is 74.7 Å². The van der Waals surface area contributed by atoms with E-state index < -0.39 is 5.54 Å².